The lowest BCUT2D eigenvalue weighted by Crippen LogP contribution is -2.53. The van der Waals surface area contributed by atoms with Crippen molar-refractivity contribution in [3.8, 4) is 5.75 Å². The standard InChI is InChI=1S/C23H35NO5/c1-21(2,3)15-9-10-16(19(25)26)17(13-15)28-18-11-12-24(14-23(18,7)8)20(27)29-22(4,5)6/h9-10,13,18H,11-12,14H2,1-8H3,(H,25,26). The molecule has 0 aliphatic carbocycles. The Morgan fingerprint density at radius 3 is 2.24 bits per heavy atom. The van der Waals surface area contributed by atoms with E-state index < -0.39 is 11.6 Å². The Hall–Kier alpha value is -2.24. The molecule has 1 aromatic carbocycles. The maximum atomic E-state index is 12.5. The lowest BCUT2D eigenvalue weighted by atomic mass is 9.81. The maximum absolute atomic E-state index is 12.5. The van der Waals surface area contributed by atoms with Crippen LogP contribution in [0.1, 0.15) is 77.7 Å². The van der Waals surface area contributed by atoms with E-state index >= 15 is 0 Å². The van der Waals surface area contributed by atoms with Gasteiger partial charge in [0, 0.05) is 24.9 Å². The number of carboxylic acid groups (broad SMARTS) is 1. The van der Waals surface area contributed by atoms with Crippen LogP contribution in [0.4, 0.5) is 4.79 Å². The third-order valence-electron chi connectivity index (χ3n) is 5.13. The number of carbonyl (C=O) groups is 2. The number of piperidine rings is 1. The number of nitrogens with zero attached hydrogens (tertiary/aromatic N) is 1. The molecule has 1 amide bonds. The second kappa shape index (κ2) is 7.88. The molecule has 1 unspecified atom stereocenters. The van der Waals surface area contributed by atoms with Crippen LogP contribution in [0.15, 0.2) is 18.2 Å². The molecule has 1 atom stereocenters. The third-order valence-corrected chi connectivity index (χ3v) is 5.13. The van der Waals surface area contributed by atoms with Crippen molar-refractivity contribution < 1.29 is 24.2 Å². The fourth-order valence-corrected chi connectivity index (χ4v) is 3.45. The van der Waals surface area contributed by atoms with E-state index in [9.17, 15) is 14.7 Å². The number of carbonyl (C=O) groups excluding carboxylic acids is 1. The monoisotopic (exact) mass is 405 g/mol. The summed E-state index contributed by atoms with van der Waals surface area (Å²) < 4.78 is 11.8. The highest BCUT2D eigenvalue weighted by Crippen LogP contribution is 2.36. The predicted molar refractivity (Wildman–Crippen MR) is 113 cm³/mol. The molecule has 1 heterocycles. The van der Waals surface area contributed by atoms with Crippen LogP contribution in [0.5, 0.6) is 5.75 Å². The molecule has 0 bridgehead atoms. The van der Waals surface area contributed by atoms with Crippen molar-refractivity contribution in [2.24, 2.45) is 5.41 Å². The van der Waals surface area contributed by atoms with Gasteiger partial charge in [0.2, 0.25) is 0 Å². The first-order chi connectivity index (χ1) is 13.1. The van der Waals surface area contributed by atoms with Crippen molar-refractivity contribution >= 4 is 12.1 Å². The molecular weight excluding hydrogens is 370 g/mol. The number of hydrogen-bond donors (Lipinski definition) is 1. The Balaban J connectivity index is 2.23. The van der Waals surface area contributed by atoms with Crippen LogP contribution in [-0.2, 0) is 10.2 Å². The summed E-state index contributed by atoms with van der Waals surface area (Å²) in [6, 6.07) is 5.29. The van der Waals surface area contributed by atoms with E-state index in [-0.39, 0.29) is 28.6 Å². The van der Waals surface area contributed by atoms with Crippen molar-refractivity contribution in [2.45, 2.75) is 78.9 Å². The molecule has 1 fully saturated rings. The molecule has 1 aromatic rings. The van der Waals surface area contributed by atoms with Gasteiger partial charge in [0.25, 0.3) is 0 Å². The summed E-state index contributed by atoms with van der Waals surface area (Å²) in [4.78, 5) is 25.9. The highest BCUT2D eigenvalue weighted by molar-refractivity contribution is 5.91. The molecule has 1 aliphatic rings. The average molecular weight is 406 g/mol. The van der Waals surface area contributed by atoms with Gasteiger partial charge in [-0.25, -0.2) is 9.59 Å². The van der Waals surface area contributed by atoms with Crippen LogP contribution in [-0.4, -0.2) is 46.9 Å². The van der Waals surface area contributed by atoms with Gasteiger partial charge < -0.3 is 19.5 Å². The van der Waals surface area contributed by atoms with E-state index in [2.05, 4.69) is 20.8 Å². The van der Waals surface area contributed by atoms with E-state index in [4.69, 9.17) is 9.47 Å². The predicted octanol–water partition coefficient (Wildman–Crippen LogP) is 5.10. The second-order valence-electron chi connectivity index (χ2n) is 10.6. The minimum absolute atomic E-state index is 0.120. The topological polar surface area (TPSA) is 76.1 Å². The van der Waals surface area contributed by atoms with E-state index in [0.29, 0.717) is 25.3 Å². The lowest BCUT2D eigenvalue weighted by molar-refractivity contribution is -0.0283. The van der Waals surface area contributed by atoms with Crippen LogP contribution in [0.3, 0.4) is 0 Å². The summed E-state index contributed by atoms with van der Waals surface area (Å²) in [5.41, 5.74) is 0.149. The minimum Gasteiger partial charge on any atom is -0.489 e. The van der Waals surface area contributed by atoms with Crippen LogP contribution < -0.4 is 4.74 Å². The highest BCUT2D eigenvalue weighted by Gasteiger charge is 2.41. The molecule has 1 N–H and O–H groups in total. The normalized spacial score (nSPS) is 19.6. The molecule has 0 aromatic heterocycles. The summed E-state index contributed by atoms with van der Waals surface area (Å²) in [7, 11) is 0. The molecule has 6 heteroatoms. The molecule has 0 spiro atoms. The largest absolute Gasteiger partial charge is 0.489 e. The molecule has 162 valence electrons. The molecule has 1 saturated heterocycles. The van der Waals surface area contributed by atoms with Gasteiger partial charge in [-0.3, -0.25) is 0 Å². The van der Waals surface area contributed by atoms with Crippen LogP contribution in [0.25, 0.3) is 0 Å². The van der Waals surface area contributed by atoms with Crippen molar-refractivity contribution in [1.82, 2.24) is 4.90 Å². The SMILES string of the molecule is CC(C)(C)OC(=O)N1CCC(Oc2cc(C(C)(C)C)ccc2C(=O)O)C(C)(C)C1. The first-order valence-electron chi connectivity index (χ1n) is 10.1. The number of likely N-dealkylation sites (tertiary alicyclic amines) is 1. The summed E-state index contributed by atoms with van der Waals surface area (Å²) in [6.07, 6.45) is 0.0601. The number of carboxylic acids is 1. The van der Waals surface area contributed by atoms with Gasteiger partial charge in [0.1, 0.15) is 23.0 Å². The van der Waals surface area contributed by atoms with Crippen molar-refractivity contribution in [3.63, 3.8) is 0 Å². The van der Waals surface area contributed by atoms with E-state index in [0.717, 1.165) is 5.56 Å². The zero-order valence-corrected chi connectivity index (χ0v) is 19.0. The van der Waals surface area contributed by atoms with Gasteiger partial charge in [-0.1, -0.05) is 40.7 Å². The van der Waals surface area contributed by atoms with E-state index in [1.54, 1.807) is 11.0 Å². The number of hydrogen-bond acceptors (Lipinski definition) is 4. The van der Waals surface area contributed by atoms with Crippen LogP contribution >= 0.6 is 0 Å². The van der Waals surface area contributed by atoms with Crippen molar-refractivity contribution in [2.75, 3.05) is 13.1 Å². The Bertz CT molecular complexity index is 770. The van der Waals surface area contributed by atoms with E-state index in [1.807, 2.05) is 46.8 Å². The highest BCUT2D eigenvalue weighted by atomic mass is 16.6. The van der Waals surface area contributed by atoms with Crippen molar-refractivity contribution in [1.29, 1.82) is 0 Å². The quantitative estimate of drug-likeness (QED) is 0.757. The zero-order chi connectivity index (χ0) is 22.2. The van der Waals surface area contributed by atoms with Crippen molar-refractivity contribution in [3.05, 3.63) is 29.3 Å². The average Bonchev–Trinajstić information content (AvgIpc) is 2.53. The first kappa shape index (κ1) is 23.0. The molecule has 0 radical (unpaired) electrons. The summed E-state index contributed by atoms with van der Waals surface area (Å²) in [5, 5.41) is 9.59. The fraction of sp³-hybridized carbons (Fsp3) is 0.652. The van der Waals surface area contributed by atoms with Gasteiger partial charge >= 0.3 is 12.1 Å². The Morgan fingerprint density at radius 1 is 1.14 bits per heavy atom. The third kappa shape index (κ3) is 5.87. The number of rotatable bonds is 3. The summed E-state index contributed by atoms with van der Waals surface area (Å²) >= 11 is 0. The Morgan fingerprint density at radius 2 is 1.76 bits per heavy atom. The second-order valence-corrected chi connectivity index (χ2v) is 10.6. The molecular formula is C23H35NO5. The van der Waals surface area contributed by atoms with Gasteiger partial charge in [0.15, 0.2) is 0 Å². The Labute approximate surface area is 174 Å². The number of aromatic carboxylic acids is 1. The first-order valence-corrected chi connectivity index (χ1v) is 10.1. The number of amides is 1. The van der Waals surface area contributed by atoms with Crippen LogP contribution in [0, 0.1) is 5.41 Å². The van der Waals surface area contributed by atoms with Gasteiger partial charge in [0.05, 0.1) is 0 Å². The van der Waals surface area contributed by atoms with Gasteiger partial charge in [-0.2, -0.15) is 0 Å². The smallest absolute Gasteiger partial charge is 0.410 e. The van der Waals surface area contributed by atoms with Gasteiger partial charge in [-0.05, 0) is 43.9 Å². The number of benzene rings is 1. The zero-order valence-electron chi connectivity index (χ0n) is 19.0. The summed E-state index contributed by atoms with van der Waals surface area (Å²) in [6.45, 7) is 16.8. The Kier molecular flexibility index (Phi) is 6.26. The maximum Gasteiger partial charge on any atom is 0.410 e. The minimum atomic E-state index is -1.01. The molecule has 0 saturated carbocycles. The molecule has 29 heavy (non-hydrogen) atoms. The van der Waals surface area contributed by atoms with E-state index in [1.165, 1.54) is 0 Å². The lowest BCUT2D eigenvalue weighted by Gasteiger charge is -2.44. The molecule has 2 rings (SSSR count). The summed E-state index contributed by atoms with van der Waals surface area (Å²) in [5.74, 6) is -0.627. The molecule has 1 aliphatic heterocycles. The fourth-order valence-electron chi connectivity index (χ4n) is 3.45. The van der Waals surface area contributed by atoms with Gasteiger partial charge in [-0.15, -0.1) is 0 Å². The number of ether oxygens (including phenoxy) is 2. The molecule has 6 nitrogen and oxygen atoms in total. The van der Waals surface area contributed by atoms with Crippen LogP contribution in [0.2, 0.25) is 0 Å².